The van der Waals surface area contributed by atoms with Gasteiger partial charge in [-0.1, -0.05) is 0 Å². The van der Waals surface area contributed by atoms with Crippen molar-refractivity contribution in [2.24, 2.45) is 0 Å². The molecule has 0 aliphatic rings. The van der Waals surface area contributed by atoms with E-state index in [0.717, 1.165) is 5.02 Å². The van der Waals surface area contributed by atoms with Gasteiger partial charge in [0, 0.05) is 0 Å². The fourth-order valence-electron chi connectivity index (χ4n) is 1.97. The van der Waals surface area contributed by atoms with Gasteiger partial charge in [-0.2, -0.15) is 0 Å². The molecule has 0 bridgehead atoms. The van der Waals surface area contributed by atoms with Crippen LogP contribution in [0.2, 0.25) is 5.02 Å². The van der Waals surface area contributed by atoms with Gasteiger partial charge in [0.05, 0.1) is 0 Å². The van der Waals surface area contributed by atoms with E-state index < -0.39 is 0 Å². The van der Waals surface area contributed by atoms with E-state index >= 15 is 0 Å². The number of aryl methyl sites for hydroxylation is 3. The van der Waals surface area contributed by atoms with Crippen LogP contribution in [-0.2, 0) is 0 Å². The molecular weight excluding hydrogens is 295 g/mol. The van der Waals surface area contributed by atoms with Crippen molar-refractivity contribution in [2.45, 2.75) is 20.8 Å². The molecule has 88 valence electrons. The van der Waals surface area contributed by atoms with Gasteiger partial charge in [0.25, 0.3) is 0 Å². The maximum absolute atomic E-state index is 6.23. The molecule has 17 heavy (non-hydrogen) atoms. The van der Waals surface area contributed by atoms with Crippen LogP contribution in [0.3, 0.4) is 0 Å². The Morgan fingerprint density at radius 2 is 1.53 bits per heavy atom. The van der Waals surface area contributed by atoms with Crippen molar-refractivity contribution in [1.29, 1.82) is 0 Å². The number of benzene rings is 2. The van der Waals surface area contributed by atoms with Gasteiger partial charge in [-0.05, 0) is 0 Å². The van der Waals surface area contributed by atoms with Crippen LogP contribution in [-0.4, -0.2) is 15.0 Å². The minimum atomic E-state index is 0.292. The first-order valence-corrected chi connectivity index (χ1v) is 7.67. The molecule has 0 aliphatic carbocycles. The topological polar surface area (TPSA) is 0 Å². The molecule has 0 heterocycles. The van der Waals surface area contributed by atoms with Gasteiger partial charge in [0.2, 0.25) is 0 Å². The minimum absolute atomic E-state index is 0.292. The van der Waals surface area contributed by atoms with Crippen LogP contribution in [0.4, 0.5) is 0 Å². The summed E-state index contributed by atoms with van der Waals surface area (Å²) < 4.78 is 2.72. The zero-order chi connectivity index (χ0) is 12.4. The monoisotopic (exact) mass is 310 g/mol. The Labute approximate surface area is 114 Å². The molecule has 0 N–H and O–H groups in total. The van der Waals surface area contributed by atoms with Gasteiger partial charge in [-0.3, -0.25) is 0 Å². The van der Waals surface area contributed by atoms with Gasteiger partial charge in [-0.15, -0.1) is 0 Å². The first kappa shape index (κ1) is 12.7. The van der Waals surface area contributed by atoms with Crippen molar-refractivity contribution in [3.05, 3.63) is 58.1 Å². The Hall–Kier alpha value is -0.751. The van der Waals surface area contributed by atoms with E-state index in [2.05, 4.69) is 45.0 Å². The molecule has 2 heteroatoms. The molecule has 0 unspecified atom stereocenters. The van der Waals surface area contributed by atoms with Crippen LogP contribution in [0.15, 0.2) is 36.4 Å². The third-order valence-electron chi connectivity index (χ3n) is 2.65. The molecule has 0 radical (unpaired) electrons. The third-order valence-corrected chi connectivity index (χ3v) is 6.22. The summed E-state index contributed by atoms with van der Waals surface area (Å²) in [4.78, 5) is 0. The van der Waals surface area contributed by atoms with E-state index in [9.17, 15) is 0 Å². The first-order chi connectivity index (χ1) is 8.08. The van der Waals surface area contributed by atoms with Gasteiger partial charge in [0.1, 0.15) is 0 Å². The molecule has 2 aromatic carbocycles. The Morgan fingerprint density at radius 3 is 2.12 bits per heavy atom. The van der Waals surface area contributed by atoms with Gasteiger partial charge >= 0.3 is 114 Å². The van der Waals surface area contributed by atoms with Crippen LogP contribution in [0, 0.1) is 20.8 Å². The molecule has 0 fully saturated rings. The van der Waals surface area contributed by atoms with Crippen molar-refractivity contribution in [2.75, 3.05) is 0 Å². The molecular formula is C15H15ClSe. The molecule has 0 amide bonds. The van der Waals surface area contributed by atoms with E-state index in [-0.39, 0.29) is 0 Å². The zero-order valence-electron chi connectivity index (χ0n) is 10.3. The molecule has 0 spiro atoms. The summed E-state index contributed by atoms with van der Waals surface area (Å²) in [6.07, 6.45) is 0. The van der Waals surface area contributed by atoms with E-state index in [1.165, 1.54) is 25.6 Å². The summed E-state index contributed by atoms with van der Waals surface area (Å²) in [5.41, 5.74) is 4.09. The van der Waals surface area contributed by atoms with Gasteiger partial charge < -0.3 is 0 Å². The fourth-order valence-corrected chi connectivity index (χ4v) is 4.34. The van der Waals surface area contributed by atoms with Crippen molar-refractivity contribution < 1.29 is 0 Å². The summed E-state index contributed by atoms with van der Waals surface area (Å²) in [6, 6.07) is 12.6. The van der Waals surface area contributed by atoms with Crippen LogP contribution in [0.5, 0.6) is 0 Å². The number of rotatable bonds is 2. The van der Waals surface area contributed by atoms with Crippen molar-refractivity contribution in [1.82, 2.24) is 0 Å². The van der Waals surface area contributed by atoms with Crippen LogP contribution < -0.4 is 8.92 Å². The number of hydrogen-bond donors (Lipinski definition) is 0. The molecule has 2 aromatic rings. The summed E-state index contributed by atoms with van der Waals surface area (Å²) in [6.45, 7) is 6.52. The Morgan fingerprint density at radius 1 is 0.941 bits per heavy atom. The van der Waals surface area contributed by atoms with Gasteiger partial charge in [-0.25, -0.2) is 0 Å². The molecule has 0 saturated carbocycles. The quantitative estimate of drug-likeness (QED) is 0.748. The Kier molecular flexibility index (Phi) is 3.93. The normalized spacial score (nSPS) is 10.6. The number of hydrogen-bond acceptors (Lipinski definition) is 0. The average molecular weight is 310 g/mol. The van der Waals surface area contributed by atoms with Crippen LogP contribution in [0.1, 0.15) is 16.7 Å². The number of halogens is 1. The summed E-state index contributed by atoms with van der Waals surface area (Å²) in [7, 11) is 0. The van der Waals surface area contributed by atoms with Crippen LogP contribution in [0.25, 0.3) is 0 Å². The van der Waals surface area contributed by atoms with E-state index in [4.69, 9.17) is 11.6 Å². The van der Waals surface area contributed by atoms with E-state index in [1.807, 2.05) is 12.1 Å². The summed E-state index contributed by atoms with van der Waals surface area (Å²) in [5, 5.41) is 0.881. The SMILES string of the molecule is Cc1cc(C)c([Se]c2ccccc2Cl)c(C)c1. The predicted octanol–water partition coefficient (Wildman–Crippen LogP) is 2.92. The van der Waals surface area contributed by atoms with E-state index in [0.29, 0.717) is 15.0 Å². The average Bonchev–Trinajstić information content (AvgIpc) is 2.25. The second-order valence-electron chi connectivity index (χ2n) is 4.26. The summed E-state index contributed by atoms with van der Waals surface area (Å²) >= 11 is 6.52. The summed E-state index contributed by atoms with van der Waals surface area (Å²) in [5.74, 6) is 0. The second-order valence-corrected chi connectivity index (χ2v) is 6.88. The van der Waals surface area contributed by atoms with Gasteiger partial charge in [0.15, 0.2) is 0 Å². The zero-order valence-corrected chi connectivity index (χ0v) is 12.7. The molecule has 0 aliphatic heterocycles. The molecule has 2 rings (SSSR count). The van der Waals surface area contributed by atoms with Crippen molar-refractivity contribution in [3.8, 4) is 0 Å². The predicted molar refractivity (Wildman–Crippen MR) is 77.1 cm³/mol. The molecule has 0 nitrogen and oxygen atoms in total. The molecule has 0 atom stereocenters. The van der Waals surface area contributed by atoms with Crippen molar-refractivity contribution in [3.63, 3.8) is 0 Å². The maximum atomic E-state index is 6.23. The van der Waals surface area contributed by atoms with E-state index in [1.54, 1.807) is 0 Å². The Balaban J connectivity index is 2.40. The third kappa shape index (κ3) is 2.93. The van der Waals surface area contributed by atoms with Crippen LogP contribution >= 0.6 is 11.6 Å². The Bertz CT molecular complexity index is 523. The second kappa shape index (κ2) is 5.27. The molecule has 0 saturated heterocycles. The van der Waals surface area contributed by atoms with Crippen molar-refractivity contribution >= 4 is 35.5 Å². The standard InChI is InChI=1S/C15H15ClSe/c1-10-8-11(2)15(12(3)9-10)17-14-7-5-4-6-13(14)16/h4-9H,1-3H3. The first-order valence-electron chi connectivity index (χ1n) is 5.58. The fraction of sp³-hybridized carbons (Fsp3) is 0.200. The molecule has 0 aromatic heterocycles.